The highest BCUT2D eigenvalue weighted by atomic mass is 19.3. The van der Waals surface area contributed by atoms with Gasteiger partial charge in [-0.05, 0) is 62.6 Å². The molecular formula is C31H41F2N5O4. The zero-order valence-electron chi connectivity index (χ0n) is 24.5. The number of amides is 1. The van der Waals surface area contributed by atoms with Crippen LogP contribution in [0.1, 0.15) is 44.2 Å². The van der Waals surface area contributed by atoms with Gasteiger partial charge in [0, 0.05) is 62.2 Å². The number of ether oxygens (including phenoxy) is 3. The summed E-state index contributed by atoms with van der Waals surface area (Å²) in [6.45, 7) is 7.01. The summed E-state index contributed by atoms with van der Waals surface area (Å²) in [5, 5.41) is 6.63. The molecule has 42 heavy (non-hydrogen) atoms. The SMILES string of the molecule is CC(C)N1CCC(COC(F)F)(c2ccc(C3=CN4N=CC=C(N5CCN(C(=O)OC6COC6)CC5)C4C3)cc2)CC1. The maximum atomic E-state index is 13.1. The molecular weight excluding hydrogens is 544 g/mol. The van der Waals surface area contributed by atoms with E-state index in [1.54, 1.807) is 4.90 Å². The molecule has 5 aliphatic heterocycles. The number of piperidine rings is 1. The van der Waals surface area contributed by atoms with E-state index in [1.807, 2.05) is 11.2 Å². The predicted octanol–water partition coefficient (Wildman–Crippen LogP) is 4.12. The third-order valence-electron chi connectivity index (χ3n) is 9.42. The smallest absolute Gasteiger partial charge is 0.410 e. The Morgan fingerprint density at radius 3 is 2.40 bits per heavy atom. The number of piperazine rings is 1. The number of hydrogen-bond acceptors (Lipinski definition) is 8. The summed E-state index contributed by atoms with van der Waals surface area (Å²) in [5.74, 6) is 0. The van der Waals surface area contributed by atoms with Crippen molar-refractivity contribution in [3.05, 3.63) is 53.4 Å². The van der Waals surface area contributed by atoms with Gasteiger partial charge in [-0.15, -0.1) is 0 Å². The summed E-state index contributed by atoms with van der Waals surface area (Å²) in [6.07, 6.45) is 8.04. The standard InChI is InChI=1S/C31H41F2N5O4/c1-22(2)35-11-8-31(9-12-35,21-41-29(32)33)25-5-3-23(4-6-25)24-17-28-27(7-10-34-38(28)18-24)36-13-15-37(16-14-36)30(39)42-26-19-40-20-26/h3-7,10,18,22,26,28-29H,8-9,11-17,19-21H2,1-2H3. The highest BCUT2D eigenvalue weighted by Crippen LogP contribution is 2.40. The molecule has 0 N–H and O–H groups in total. The summed E-state index contributed by atoms with van der Waals surface area (Å²) in [6, 6.07) is 8.96. The number of fused-ring (bicyclic) bond motifs is 1. The van der Waals surface area contributed by atoms with Crippen molar-refractivity contribution in [2.45, 2.75) is 63.3 Å². The van der Waals surface area contributed by atoms with Crippen LogP contribution in [0.3, 0.4) is 0 Å². The van der Waals surface area contributed by atoms with Crippen molar-refractivity contribution >= 4 is 17.9 Å². The highest BCUT2D eigenvalue weighted by Gasteiger charge is 2.39. The molecule has 1 aromatic rings. The first-order valence-electron chi connectivity index (χ1n) is 15.1. The zero-order valence-corrected chi connectivity index (χ0v) is 24.5. The first-order valence-corrected chi connectivity index (χ1v) is 15.1. The normalized spacial score (nSPS) is 24.5. The maximum Gasteiger partial charge on any atom is 0.410 e. The molecule has 6 rings (SSSR count). The Kier molecular flexibility index (Phi) is 8.51. The molecule has 1 atom stereocenters. The summed E-state index contributed by atoms with van der Waals surface area (Å²) in [5.41, 5.74) is 4.15. The van der Waals surface area contributed by atoms with Crippen molar-refractivity contribution < 1.29 is 27.8 Å². The van der Waals surface area contributed by atoms with Crippen molar-refractivity contribution in [1.82, 2.24) is 19.7 Å². The number of allylic oxidation sites excluding steroid dienone is 1. The largest absolute Gasteiger partial charge is 0.441 e. The number of likely N-dealkylation sites (tertiary alicyclic amines) is 1. The van der Waals surface area contributed by atoms with Crippen molar-refractivity contribution in [3.8, 4) is 0 Å². The van der Waals surface area contributed by atoms with Crippen LogP contribution in [0, 0.1) is 0 Å². The molecule has 1 unspecified atom stereocenters. The van der Waals surface area contributed by atoms with Gasteiger partial charge in [0.2, 0.25) is 0 Å². The highest BCUT2D eigenvalue weighted by molar-refractivity contribution is 5.76. The second-order valence-electron chi connectivity index (χ2n) is 12.2. The van der Waals surface area contributed by atoms with Crippen LogP contribution in [0.5, 0.6) is 0 Å². The molecule has 0 saturated carbocycles. The number of carbonyl (C=O) groups is 1. The molecule has 0 aliphatic carbocycles. The van der Waals surface area contributed by atoms with Gasteiger partial charge in [0.1, 0.15) is 0 Å². The third kappa shape index (κ3) is 6.05. The summed E-state index contributed by atoms with van der Waals surface area (Å²) < 4.78 is 41.7. The minimum absolute atomic E-state index is 0.0251. The minimum Gasteiger partial charge on any atom is -0.441 e. The zero-order chi connectivity index (χ0) is 29.3. The summed E-state index contributed by atoms with van der Waals surface area (Å²) in [7, 11) is 0. The van der Waals surface area contributed by atoms with Gasteiger partial charge in [-0.3, -0.25) is 5.01 Å². The van der Waals surface area contributed by atoms with Crippen molar-refractivity contribution in [2.75, 3.05) is 59.1 Å². The first-order chi connectivity index (χ1) is 20.3. The fourth-order valence-corrected chi connectivity index (χ4v) is 6.66. The van der Waals surface area contributed by atoms with Crippen LogP contribution in [0.25, 0.3) is 5.57 Å². The van der Waals surface area contributed by atoms with Crippen molar-refractivity contribution in [3.63, 3.8) is 0 Å². The average Bonchev–Trinajstić information content (AvgIpc) is 3.43. The molecule has 0 radical (unpaired) electrons. The number of halogens is 2. The fourth-order valence-electron chi connectivity index (χ4n) is 6.66. The second-order valence-corrected chi connectivity index (χ2v) is 12.2. The Labute approximate surface area is 246 Å². The molecule has 0 aromatic heterocycles. The van der Waals surface area contributed by atoms with E-state index in [1.165, 1.54) is 11.3 Å². The topological polar surface area (TPSA) is 70.1 Å². The number of benzene rings is 1. The number of alkyl halides is 2. The van der Waals surface area contributed by atoms with Crippen LogP contribution in [0.4, 0.5) is 13.6 Å². The van der Waals surface area contributed by atoms with Gasteiger partial charge in [-0.25, -0.2) is 4.79 Å². The van der Waals surface area contributed by atoms with Crippen LogP contribution in [-0.2, 0) is 19.6 Å². The minimum atomic E-state index is -2.77. The lowest BCUT2D eigenvalue weighted by molar-refractivity contribution is -0.146. The average molecular weight is 586 g/mol. The van der Waals surface area contributed by atoms with Gasteiger partial charge < -0.3 is 28.9 Å². The van der Waals surface area contributed by atoms with Gasteiger partial charge in [-0.2, -0.15) is 13.9 Å². The molecule has 9 nitrogen and oxygen atoms in total. The molecule has 3 fully saturated rings. The Morgan fingerprint density at radius 1 is 1.07 bits per heavy atom. The quantitative estimate of drug-likeness (QED) is 0.455. The second kappa shape index (κ2) is 12.3. The van der Waals surface area contributed by atoms with Gasteiger partial charge in [-0.1, -0.05) is 24.3 Å². The van der Waals surface area contributed by atoms with E-state index in [4.69, 9.17) is 14.2 Å². The molecule has 3 saturated heterocycles. The Morgan fingerprint density at radius 2 is 1.79 bits per heavy atom. The molecule has 0 bridgehead atoms. The number of carbonyl (C=O) groups excluding carboxylic acids is 1. The number of hydrazone groups is 1. The monoisotopic (exact) mass is 585 g/mol. The van der Waals surface area contributed by atoms with Crippen molar-refractivity contribution in [1.29, 1.82) is 0 Å². The lowest BCUT2D eigenvalue weighted by Gasteiger charge is -2.43. The third-order valence-corrected chi connectivity index (χ3v) is 9.42. The van der Waals surface area contributed by atoms with E-state index >= 15 is 0 Å². The van der Waals surface area contributed by atoms with Crippen LogP contribution in [0.15, 0.2) is 47.3 Å². The molecule has 5 aliphatic rings. The molecule has 0 spiro atoms. The lowest BCUT2D eigenvalue weighted by Crippen LogP contribution is -2.52. The van der Waals surface area contributed by atoms with Crippen LogP contribution >= 0.6 is 0 Å². The molecule has 1 aromatic carbocycles. The van der Waals surface area contributed by atoms with E-state index in [2.05, 4.69) is 65.3 Å². The van der Waals surface area contributed by atoms with E-state index in [9.17, 15) is 13.6 Å². The van der Waals surface area contributed by atoms with Gasteiger partial charge in [0.15, 0.2) is 6.10 Å². The van der Waals surface area contributed by atoms with E-state index < -0.39 is 12.0 Å². The lowest BCUT2D eigenvalue weighted by atomic mass is 9.73. The first kappa shape index (κ1) is 29.1. The molecule has 228 valence electrons. The van der Waals surface area contributed by atoms with Crippen LogP contribution in [-0.4, -0.2) is 116 Å². The van der Waals surface area contributed by atoms with Crippen molar-refractivity contribution in [2.24, 2.45) is 5.10 Å². The number of hydrogen-bond donors (Lipinski definition) is 0. The summed E-state index contributed by atoms with van der Waals surface area (Å²) in [4.78, 5) is 19.0. The molecule has 11 heteroatoms. The van der Waals surface area contributed by atoms with Gasteiger partial charge in [0.25, 0.3) is 0 Å². The molecule has 1 amide bonds. The van der Waals surface area contributed by atoms with Crippen LogP contribution in [0.2, 0.25) is 0 Å². The molecule has 5 heterocycles. The van der Waals surface area contributed by atoms with E-state index in [-0.39, 0.29) is 24.8 Å². The Balaban J connectivity index is 1.09. The predicted molar refractivity (Wildman–Crippen MR) is 155 cm³/mol. The maximum absolute atomic E-state index is 13.1. The van der Waals surface area contributed by atoms with Gasteiger partial charge >= 0.3 is 12.7 Å². The fraction of sp³-hybridized carbons (Fsp3) is 0.613. The summed E-state index contributed by atoms with van der Waals surface area (Å²) >= 11 is 0. The Hall–Kier alpha value is -3.02. The van der Waals surface area contributed by atoms with Crippen LogP contribution < -0.4 is 0 Å². The van der Waals surface area contributed by atoms with E-state index in [0.717, 1.165) is 56.6 Å². The Bertz CT molecular complexity index is 1200. The van der Waals surface area contributed by atoms with E-state index in [0.29, 0.717) is 32.3 Å². The number of nitrogens with zero attached hydrogens (tertiary/aromatic N) is 5. The number of rotatable bonds is 8. The van der Waals surface area contributed by atoms with Gasteiger partial charge in [0.05, 0.1) is 25.9 Å².